The van der Waals surface area contributed by atoms with Crippen molar-refractivity contribution in [2.24, 2.45) is 4.99 Å². The number of amidine groups is 1. The number of carbonyl (C=O) groups is 1. The number of hydrogen-bond acceptors (Lipinski definition) is 3. The molecule has 0 aromatic heterocycles. The van der Waals surface area contributed by atoms with Crippen LogP contribution in [0.4, 0.5) is 5.69 Å². The summed E-state index contributed by atoms with van der Waals surface area (Å²) in [4.78, 5) is 20.3. The van der Waals surface area contributed by atoms with E-state index in [4.69, 9.17) is 4.99 Å². The number of carbonyl (C=O) groups excluding carboxylic acids is 1. The van der Waals surface area contributed by atoms with Gasteiger partial charge in [-0.1, -0.05) is 78.4 Å². The molecular weight excluding hydrogens is 364 g/mol. The highest BCUT2D eigenvalue weighted by molar-refractivity contribution is 8.18. The fraction of sp³-hybridized carbons (Fsp3) is 0.0833. The number of rotatable bonds is 4. The van der Waals surface area contributed by atoms with E-state index in [9.17, 15) is 4.79 Å². The van der Waals surface area contributed by atoms with E-state index in [-0.39, 0.29) is 5.91 Å². The second-order valence-corrected chi connectivity index (χ2v) is 7.64. The minimum Gasteiger partial charge on any atom is -0.282 e. The average Bonchev–Trinajstić information content (AvgIpc) is 3.00. The Balaban J connectivity index is 1.69. The van der Waals surface area contributed by atoms with Gasteiger partial charge in [-0.15, -0.1) is 0 Å². The van der Waals surface area contributed by atoms with E-state index in [1.165, 1.54) is 17.3 Å². The molecule has 0 atom stereocenters. The summed E-state index contributed by atoms with van der Waals surface area (Å²) in [7, 11) is 0. The number of benzene rings is 3. The number of hydrogen-bond donors (Lipinski definition) is 0. The van der Waals surface area contributed by atoms with E-state index >= 15 is 0 Å². The van der Waals surface area contributed by atoms with Crippen molar-refractivity contribution in [3.63, 3.8) is 0 Å². The molecule has 3 aromatic rings. The van der Waals surface area contributed by atoms with Gasteiger partial charge in [-0.25, -0.2) is 4.99 Å². The number of thioether (sulfide) groups is 1. The van der Waals surface area contributed by atoms with Crippen LogP contribution >= 0.6 is 11.8 Å². The van der Waals surface area contributed by atoms with Crippen molar-refractivity contribution in [1.29, 1.82) is 0 Å². The molecule has 138 valence electrons. The molecular formula is C24H20N2OS. The maximum Gasteiger partial charge on any atom is 0.267 e. The lowest BCUT2D eigenvalue weighted by atomic mass is 10.2. The Morgan fingerprint density at radius 3 is 2.21 bits per heavy atom. The normalized spacial score (nSPS) is 16.9. The Labute approximate surface area is 169 Å². The Bertz CT molecular complexity index is 1030. The summed E-state index contributed by atoms with van der Waals surface area (Å²) >= 11 is 1.43. The highest BCUT2D eigenvalue weighted by atomic mass is 32.2. The van der Waals surface area contributed by atoms with E-state index in [0.29, 0.717) is 16.6 Å². The third kappa shape index (κ3) is 4.24. The first-order valence-electron chi connectivity index (χ1n) is 9.15. The van der Waals surface area contributed by atoms with E-state index in [2.05, 4.69) is 0 Å². The van der Waals surface area contributed by atoms with Crippen LogP contribution in [-0.4, -0.2) is 16.0 Å². The monoisotopic (exact) mass is 384 g/mol. The Kier molecular flexibility index (Phi) is 5.40. The van der Waals surface area contributed by atoms with Crippen molar-refractivity contribution in [2.75, 3.05) is 0 Å². The molecule has 1 saturated heterocycles. The standard InChI is InChI=1S/C24H20N2OS/c1-18-12-14-21(15-13-18)25-24-26(17-20-10-6-3-7-11-20)23(27)22(28-24)16-19-8-4-2-5-9-19/h2-16H,17H2,1H3/b22-16+,25-24?. The third-order valence-electron chi connectivity index (χ3n) is 4.43. The smallest absolute Gasteiger partial charge is 0.267 e. The predicted octanol–water partition coefficient (Wildman–Crippen LogP) is 5.80. The van der Waals surface area contributed by atoms with Gasteiger partial charge >= 0.3 is 0 Å². The summed E-state index contributed by atoms with van der Waals surface area (Å²) in [6, 6.07) is 27.9. The van der Waals surface area contributed by atoms with Crippen LogP contribution in [0.2, 0.25) is 0 Å². The predicted molar refractivity (Wildman–Crippen MR) is 117 cm³/mol. The first kappa shape index (κ1) is 18.3. The first-order valence-corrected chi connectivity index (χ1v) is 9.96. The molecule has 0 spiro atoms. The molecule has 1 aliphatic heterocycles. The summed E-state index contributed by atoms with van der Waals surface area (Å²) in [5.41, 5.74) is 4.12. The number of aryl methyl sites for hydroxylation is 1. The van der Waals surface area contributed by atoms with Gasteiger partial charge in [-0.3, -0.25) is 9.69 Å². The van der Waals surface area contributed by atoms with Crippen molar-refractivity contribution in [2.45, 2.75) is 13.5 Å². The van der Waals surface area contributed by atoms with Crippen LogP contribution < -0.4 is 0 Å². The number of aliphatic imine (C=N–C) groups is 1. The van der Waals surface area contributed by atoms with Crippen LogP contribution in [0, 0.1) is 6.92 Å². The van der Waals surface area contributed by atoms with Gasteiger partial charge in [-0.05, 0) is 48.0 Å². The lowest BCUT2D eigenvalue weighted by Crippen LogP contribution is -2.28. The molecule has 1 heterocycles. The number of nitrogens with zero attached hydrogens (tertiary/aromatic N) is 2. The van der Waals surface area contributed by atoms with Gasteiger partial charge in [0, 0.05) is 0 Å². The lowest BCUT2D eigenvalue weighted by molar-refractivity contribution is -0.122. The van der Waals surface area contributed by atoms with Gasteiger partial charge in [0.2, 0.25) is 0 Å². The molecule has 1 aliphatic rings. The second kappa shape index (κ2) is 8.28. The topological polar surface area (TPSA) is 32.7 Å². The third-order valence-corrected chi connectivity index (χ3v) is 5.43. The molecule has 3 nitrogen and oxygen atoms in total. The zero-order valence-corrected chi connectivity index (χ0v) is 16.4. The quantitative estimate of drug-likeness (QED) is 0.533. The fourth-order valence-corrected chi connectivity index (χ4v) is 3.93. The van der Waals surface area contributed by atoms with Gasteiger partial charge in [0.05, 0.1) is 17.1 Å². The Morgan fingerprint density at radius 1 is 0.893 bits per heavy atom. The first-order chi connectivity index (χ1) is 13.7. The fourth-order valence-electron chi connectivity index (χ4n) is 2.93. The molecule has 0 radical (unpaired) electrons. The summed E-state index contributed by atoms with van der Waals surface area (Å²) in [5, 5.41) is 0.708. The Morgan fingerprint density at radius 2 is 1.54 bits per heavy atom. The maximum atomic E-state index is 13.1. The van der Waals surface area contributed by atoms with E-state index in [1.54, 1.807) is 4.90 Å². The Hall–Kier alpha value is -3.11. The summed E-state index contributed by atoms with van der Waals surface area (Å²) < 4.78 is 0. The van der Waals surface area contributed by atoms with Gasteiger partial charge in [0.1, 0.15) is 0 Å². The molecule has 0 aliphatic carbocycles. The van der Waals surface area contributed by atoms with Crippen LogP contribution in [0.5, 0.6) is 0 Å². The van der Waals surface area contributed by atoms with Crippen molar-refractivity contribution in [3.05, 3.63) is 107 Å². The SMILES string of the molecule is Cc1ccc(N=C2S/C(=C/c3ccccc3)C(=O)N2Cc2ccccc2)cc1. The molecule has 0 saturated carbocycles. The molecule has 0 N–H and O–H groups in total. The second-order valence-electron chi connectivity index (χ2n) is 6.63. The summed E-state index contributed by atoms with van der Waals surface area (Å²) in [6.07, 6.45) is 1.93. The van der Waals surface area contributed by atoms with Gasteiger partial charge < -0.3 is 0 Å². The lowest BCUT2D eigenvalue weighted by Gasteiger charge is -2.15. The zero-order chi connectivity index (χ0) is 19.3. The number of amides is 1. The average molecular weight is 385 g/mol. The van der Waals surface area contributed by atoms with Crippen LogP contribution in [0.3, 0.4) is 0 Å². The van der Waals surface area contributed by atoms with Crippen molar-refractivity contribution in [1.82, 2.24) is 4.90 Å². The van der Waals surface area contributed by atoms with E-state index in [0.717, 1.165) is 16.8 Å². The van der Waals surface area contributed by atoms with Crippen LogP contribution in [0.25, 0.3) is 6.08 Å². The molecule has 1 fully saturated rings. The molecule has 0 unspecified atom stereocenters. The van der Waals surface area contributed by atoms with E-state index < -0.39 is 0 Å². The maximum absolute atomic E-state index is 13.1. The van der Waals surface area contributed by atoms with Crippen LogP contribution in [-0.2, 0) is 11.3 Å². The van der Waals surface area contributed by atoms with Crippen LogP contribution in [0.15, 0.2) is 94.8 Å². The minimum atomic E-state index is -0.0106. The molecule has 4 rings (SSSR count). The minimum absolute atomic E-state index is 0.0106. The van der Waals surface area contributed by atoms with Crippen molar-refractivity contribution >= 4 is 34.6 Å². The highest BCUT2D eigenvalue weighted by Gasteiger charge is 2.33. The van der Waals surface area contributed by atoms with Crippen LogP contribution in [0.1, 0.15) is 16.7 Å². The zero-order valence-electron chi connectivity index (χ0n) is 15.6. The van der Waals surface area contributed by atoms with Gasteiger partial charge in [0.15, 0.2) is 5.17 Å². The van der Waals surface area contributed by atoms with E-state index in [1.807, 2.05) is 97.9 Å². The van der Waals surface area contributed by atoms with Gasteiger partial charge in [-0.2, -0.15) is 0 Å². The van der Waals surface area contributed by atoms with Crippen molar-refractivity contribution in [3.8, 4) is 0 Å². The van der Waals surface area contributed by atoms with Crippen molar-refractivity contribution < 1.29 is 4.79 Å². The molecule has 4 heteroatoms. The molecule has 1 amide bonds. The molecule has 28 heavy (non-hydrogen) atoms. The molecule has 0 bridgehead atoms. The highest BCUT2D eigenvalue weighted by Crippen LogP contribution is 2.35. The summed E-state index contributed by atoms with van der Waals surface area (Å²) in [6.45, 7) is 2.55. The molecule has 3 aromatic carbocycles. The summed E-state index contributed by atoms with van der Waals surface area (Å²) in [5.74, 6) is -0.0106. The van der Waals surface area contributed by atoms with Gasteiger partial charge in [0.25, 0.3) is 5.91 Å². The largest absolute Gasteiger partial charge is 0.282 e.